The summed E-state index contributed by atoms with van der Waals surface area (Å²) >= 11 is 0. The maximum Gasteiger partial charge on any atom is 0.249 e. The predicted octanol–water partition coefficient (Wildman–Crippen LogP) is 6.71. The van der Waals surface area contributed by atoms with Gasteiger partial charge in [-0.1, -0.05) is 60.1 Å². The number of hydrogen-bond donors (Lipinski definition) is 2. The van der Waals surface area contributed by atoms with E-state index in [9.17, 15) is 14.4 Å². The van der Waals surface area contributed by atoms with Crippen molar-refractivity contribution in [3.05, 3.63) is 24.3 Å². The van der Waals surface area contributed by atoms with Gasteiger partial charge in [-0.15, -0.1) is 6.58 Å². The topological polar surface area (TPSA) is 84.5 Å². The molecule has 2 amide bonds. The predicted molar refractivity (Wildman–Crippen MR) is 161 cm³/mol. The third-order valence-electron chi connectivity index (χ3n) is 13.9. The highest BCUT2D eigenvalue weighted by atomic mass is 16.6. The van der Waals surface area contributed by atoms with Gasteiger partial charge in [-0.05, 0) is 103 Å². The molecule has 9 atom stereocenters. The van der Waals surface area contributed by atoms with E-state index in [4.69, 9.17) is 4.84 Å². The van der Waals surface area contributed by atoms with Crippen molar-refractivity contribution >= 4 is 17.6 Å². The van der Waals surface area contributed by atoms with Crippen molar-refractivity contribution in [1.29, 1.82) is 0 Å². The number of allylic oxidation sites excluding steroid dienone is 2. The number of carbonyl (C=O) groups excluding carboxylic acids is 3. The molecule has 228 valence electrons. The third kappa shape index (κ3) is 4.32. The molecule has 0 aromatic heterocycles. The van der Waals surface area contributed by atoms with E-state index in [2.05, 4.69) is 71.9 Å². The molecular formula is C35H54N2O4. The number of ketones is 1. The second kappa shape index (κ2) is 9.79. The van der Waals surface area contributed by atoms with E-state index in [1.54, 1.807) is 13.0 Å². The zero-order valence-corrected chi connectivity index (χ0v) is 26.9. The van der Waals surface area contributed by atoms with E-state index < -0.39 is 5.41 Å². The normalized spacial score (nSPS) is 46.5. The van der Waals surface area contributed by atoms with Crippen molar-refractivity contribution in [2.24, 2.45) is 50.2 Å². The lowest BCUT2D eigenvalue weighted by Gasteiger charge is -2.70. The van der Waals surface area contributed by atoms with Crippen LogP contribution in [0.5, 0.6) is 0 Å². The summed E-state index contributed by atoms with van der Waals surface area (Å²) in [5.74, 6) is 0.807. The molecule has 0 aliphatic heterocycles. The van der Waals surface area contributed by atoms with E-state index in [1.165, 1.54) is 5.57 Å². The molecule has 5 aliphatic rings. The first kappa shape index (κ1) is 30.5. The zero-order chi connectivity index (χ0) is 30.2. The molecule has 4 saturated carbocycles. The number of fused-ring (bicyclic) bond motifs is 7. The van der Waals surface area contributed by atoms with Gasteiger partial charge in [0.2, 0.25) is 11.8 Å². The van der Waals surface area contributed by atoms with Gasteiger partial charge in [-0.25, -0.2) is 5.48 Å². The number of rotatable bonds is 5. The molecule has 6 nitrogen and oxygen atoms in total. The summed E-state index contributed by atoms with van der Waals surface area (Å²) in [6.45, 7) is 21.9. The standard InChI is InChI=1S/C35H54N2O4/c1-10-19-41-37-29(40)32(6)16-15-31(5)17-18-34(8)23(24(31)21-32)20-25(39)28-33(7)13-12-27(36-22(2)38)30(3,4)26(33)11-14-35(28,34)9/h10,20,24,26-28H,1,11-19,21H2,2-9H3,(H,36,38)(H,37,40)/t24-,26?,27-,28+,31+,32-,33-,34+,35+/m0/s1. The van der Waals surface area contributed by atoms with Crippen LogP contribution in [-0.4, -0.2) is 30.2 Å². The van der Waals surface area contributed by atoms with Crippen LogP contribution in [0.25, 0.3) is 0 Å². The monoisotopic (exact) mass is 566 g/mol. The minimum atomic E-state index is -0.541. The van der Waals surface area contributed by atoms with Crippen LogP contribution in [0.3, 0.4) is 0 Å². The largest absolute Gasteiger partial charge is 0.353 e. The van der Waals surface area contributed by atoms with Gasteiger partial charge >= 0.3 is 0 Å². The summed E-state index contributed by atoms with van der Waals surface area (Å²) in [4.78, 5) is 45.3. The Kier molecular flexibility index (Phi) is 7.28. The molecule has 5 aliphatic carbocycles. The number of amides is 2. The zero-order valence-electron chi connectivity index (χ0n) is 26.9. The van der Waals surface area contributed by atoms with E-state index in [-0.39, 0.29) is 63.4 Å². The molecule has 4 fully saturated rings. The first-order valence-electron chi connectivity index (χ1n) is 16.0. The highest BCUT2D eigenvalue weighted by Crippen LogP contribution is 2.75. The second-order valence-corrected chi connectivity index (χ2v) is 16.4. The van der Waals surface area contributed by atoms with E-state index >= 15 is 0 Å². The van der Waals surface area contributed by atoms with Gasteiger partial charge in [0.15, 0.2) is 5.78 Å². The molecule has 0 spiro atoms. The summed E-state index contributed by atoms with van der Waals surface area (Å²) in [7, 11) is 0. The van der Waals surface area contributed by atoms with Crippen LogP contribution < -0.4 is 10.8 Å². The maximum absolute atomic E-state index is 14.6. The Labute approximate surface area is 247 Å². The Bertz CT molecular complexity index is 1170. The smallest absolute Gasteiger partial charge is 0.249 e. The lowest BCUT2D eigenvalue weighted by molar-refractivity contribution is -0.189. The van der Waals surface area contributed by atoms with E-state index in [1.807, 2.05) is 0 Å². The van der Waals surface area contributed by atoms with Crippen molar-refractivity contribution < 1.29 is 19.2 Å². The van der Waals surface area contributed by atoms with Crippen LogP contribution in [0.1, 0.15) is 113 Å². The average Bonchev–Trinajstić information content (AvgIpc) is 2.88. The van der Waals surface area contributed by atoms with Gasteiger partial charge < -0.3 is 5.32 Å². The van der Waals surface area contributed by atoms with E-state index in [0.717, 1.165) is 57.8 Å². The Hall–Kier alpha value is -1.95. The van der Waals surface area contributed by atoms with Gasteiger partial charge in [-0.2, -0.15) is 0 Å². The highest BCUT2D eigenvalue weighted by molar-refractivity contribution is 5.95. The summed E-state index contributed by atoms with van der Waals surface area (Å²) in [5.41, 5.74) is 3.13. The molecule has 1 unspecified atom stereocenters. The fourth-order valence-corrected chi connectivity index (χ4v) is 11.2. The van der Waals surface area contributed by atoms with Crippen LogP contribution in [0.4, 0.5) is 0 Å². The molecule has 0 heterocycles. The quantitative estimate of drug-likeness (QED) is 0.220. The molecule has 0 saturated heterocycles. The van der Waals surface area contributed by atoms with Gasteiger partial charge in [-0.3, -0.25) is 19.2 Å². The van der Waals surface area contributed by atoms with Gasteiger partial charge in [0.05, 0.1) is 6.61 Å². The molecule has 0 aromatic rings. The van der Waals surface area contributed by atoms with E-state index in [0.29, 0.717) is 11.7 Å². The minimum absolute atomic E-state index is 0.0324. The highest BCUT2D eigenvalue weighted by Gasteiger charge is 2.70. The van der Waals surface area contributed by atoms with Gasteiger partial charge in [0.25, 0.3) is 0 Å². The van der Waals surface area contributed by atoms with Crippen LogP contribution in [0, 0.1) is 50.2 Å². The van der Waals surface area contributed by atoms with Gasteiger partial charge in [0, 0.05) is 24.3 Å². The molecule has 6 heteroatoms. The molecule has 0 radical (unpaired) electrons. The van der Waals surface area contributed by atoms with Crippen LogP contribution in [-0.2, 0) is 19.2 Å². The first-order chi connectivity index (χ1) is 19.0. The summed E-state index contributed by atoms with van der Waals surface area (Å²) < 4.78 is 0. The molecule has 2 N–H and O–H groups in total. The second-order valence-electron chi connectivity index (χ2n) is 16.4. The van der Waals surface area contributed by atoms with Crippen LogP contribution in [0.15, 0.2) is 24.3 Å². The van der Waals surface area contributed by atoms with Crippen molar-refractivity contribution in [3.63, 3.8) is 0 Å². The fraction of sp³-hybridized carbons (Fsp3) is 0.800. The summed E-state index contributed by atoms with van der Waals surface area (Å²) in [5, 5.41) is 3.25. The summed E-state index contributed by atoms with van der Waals surface area (Å²) in [6, 6.07) is 0.139. The molecule has 41 heavy (non-hydrogen) atoms. The number of hydrogen-bond acceptors (Lipinski definition) is 4. The number of carbonyl (C=O) groups is 3. The number of hydroxylamine groups is 1. The van der Waals surface area contributed by atoms with Crippen molar-refractivity contribution in [1.82, 2.24) is 10.8 Å². The fourth-order valence-electron chi connectivity index (χ4n) is 11.2. The molecule has 5 rings (SSSR count). The Morgan fingerprint density at radius 2 is 1.68 bits per heavy atom. The first-order valence-corrected chi connectivity index (χ1v) is 16.0. The van der Waals surface area contributed by atoms with Crippen molar-refractivity contribution in [2.45, 2.75) is 119 Å². The third-order valence-corrected chi connectivity index (χ3v) is 13.9. The Morgan fingerprint density at radius 1 is 1.00 bits per heavy atom. The molecule has 0 bridgehead atoms. The molecular weight excluding hydrogens is 512 g/mol. The Morgan fingerprint density at radius 3 is 2.34 bits per heavy atom. The van der Waals surface area contributed by atoms with Crippen LogP contribution in [0.2, 0.25) is 0 Å². The van der Waals surface area contributed by atoms with Crippen molar-refractivity contribution in [2.75, 3.05) is 6.61 Å². The minimum Gasteiger partial charge on any atom is -0.353 e. The lowest BCUT2D eigenvalue weighted by Crippen LogP contribution is -2.67. The SMILES string of the molecule is C=CCONC(=O)[C@@]1(C)CC[C@]2(C)CC[C@]3(C)C(=CC(=O)[C@@H]4[C@@]5(C)CC[C@H](NC(C)=O)C(C)(C)C5CC[C@]43C)[C@@H]2C1. The average molecular weight is 567 g/mol. The van der Waals surface area contributed by atoms with Gasteiger partial charge in [0.1, 0.15) is 0 Å². The molecule has 0 aromatic carbocycles. The van der Waals surface area contributed by atoms with Crippen LogP contribution >= 0.6 is 0 Å². The number of nitrogens with one attached hydrogen (secondary N) is 2. The lowest BCUT2D eigenvalue weighted by atomic mass is 9.33. The Balaban J connectivity index is 1.52. The van der Waals surface area contributed by atoms with Crippen molar-refractivity contribution in [3.8, 4) is 0 Å². The maximum atomic E-state index is 14.6. The summed E-state index contributed by atoms with van der Waals surface area (Å²) in [6.07, 6.45) is 12.4.